The van der Waals surface area contributed by atoms with Crippen LogP contribution < -0.4 is 10.1 Å². The van der Waals surface area contributed by atoms with Crippen LogP contribution in [0, 0.1) is 17.0 Å². The second-order valence-electron chi connectivity index (χ2n) is 5.88. The quantitative estimate of drug-likeness (QED) is 0.906. The molecule has 1 fully saturated rings. The van der Waals surface area contributed by atoms with Crippen LogP contribution in [-0.2, 0) is 0 Å². The van der Waals surface area contributed by atoms with Gasteiger partial charge in [-0.05, 0) is 43.9 Å². The Morgan fingerprint density at radius 1 is 1.32 bits per heavy atom. The van der Waals surface area contributed by atoms with Crippen LogP contribution in [0.15, 0.2) is 18.2 Å². The predicted molar refractivity (Wildman–Crippen MR) is 71.3 cm³/mol. The summed E-state index contributed by atoms with van der Waals surface area (Å²) in [6, 6.07) is 3.45. The summed E-state index contributed by atoms with van der Waals surface area (Å²) in [6.07, 6.45) is 2.85. The molecule has 1 aliphatic rings. The number of benzene rings is 1. The second kappa shape index (κ2) is 5.45. The van der Waals surface area contributed by atoms with E-state index in [-0.39, 0.29) is 23.3 Å². The molecule has 0 radical (unpaired) electrons. The first kappa shape index (κ1) is 14.3. The molecule has 0 aromatic heterocycles. The fourth-order valence-corrected chi connectivity index (χ4v) is 3.02. The number of nitrogens with one attached hydrogen (secondary N) is 1. The topological polar surface area (TPSA) is 21.3 Å². The van der Waals surface area contributed by atoms with Gasteiger partial charge < -0.3 is 10.1 Å². The molecule has 1 aromatic carbocycles. The molecule has 1 saturated carbocycles. The van der Waals surface area contributed by atoms with E-state index in [4.69, 9.17) is 4.74 Å². The molecule has 2 atom stereocenters. The summed E-state index contributed by atoms with van der Waals surface area (Å²) >= 11 is 0. The Morgan fingerprint density at radius 2 is 2.05 bits per heavy atom. The summed E-state index contributed by atoms with van der Waals surface area (Å²) in [5, 5.41) is 3.26. The number of rotatable bonds is 3. The van der Waals surface area contributed by atoms with Gasteiger partial charge in [0.25, 0.3) is 0 Å². The fourth-order valence-electron chi connectivity index (χ4n) is 3.02. The Bertz CT molecular complexity index is 448. The Balaban J connectivity index is 2.19. The first-order valence-electron chi connectivity index (χ1n) is 6.73. The van der Waals surface area contributed by atoms with Crippen molar-refractivity contribution in [1.82, 2.24) is 5.32 Å². The highest BCUT2D eigenvalue weighted by Gasteiger charge is 2.39. The van der Waals surface area contributed by atoms with Gasteiger partial charge in [-0.1, -0.05) is 13.8 Å². The zero-order valence-corrected chi connectivity index (χ0v) is 11.7. The van der Waals surface area contributed by atoms with E-state index in [2.05, 4.69) is 19.2 Å². The maximum absolute atomic E-state index is 13.6. The molecule has 0 spiro atoms. The van der Waals surface area contributed by atoms with Gasteiger partial charge in [-0.25, -0.2) is 8.78 Å². The normalized spacial score (nSPS) is 26.2. The largest absolute Gasteiger partial charge is 0.486 e. The van der Waals surface area contributed by atoms with Crippen LogP contribution in [0.25, 0.3) is 0 Å². The average molecular weight is 269 g/mol. The first-order valence-corrected chi connectivity index (χ1v) is 6.73. The number of ether oxygens (including phenoxy) is 1. The van der Waals surface area contributed by atoms with Crippen molar-refractivity contribution >= 4 is 0 Å². The minimum Gasteiger partial charge on any atom is -0.486 e. The maximum Gasteiger partial charge on any atom is 0.165 e. The molecular formula is C15H21F2NO. The molecule has 2 nitrogen and oxygen atoms in total. The van der Waals surface area contributed by atoms with Crippen LogP contribution in [0.2, 0.25) is 0 Å². The van der Waals surface area contributed by atoms with E-state index in [0.717, 1.165) is 37.5 Å². The minimum atomic E-state index is -0.514. The fraction of sp³-hybridized carbons (Fsp3) is 0.600. The molecule has 1 aromatic rings. The van der Waals surface area contributed by atoms with Crippen LogP contribution in [0.3, 0.4) is 0 Å². The molecule has 0 saturated heterocycles. The third-order valence-electron chi connectivity index (χ3n) is 4.01. The van der Waals surface area contributed by atoms with E-state index in [1.165, 1.54) is 0 Å². The van der Waals surface area contributed by atoms with Crippen molar-refractivity contribution in [2.75, 3.05) is 7.05 Å². The summed E-state index contributed by atoms with van der Waals surface area (Å²) in [4.78, 5) is 0. The van der Waals surface area contributed by atoms with Crippen LogP contribution >= 0.6 is 0 Å². The lowest BCUT2D eigenvalue weighted by Crippen LogP contribution is -2.53. The third kappa shape index (κ3) is 3.06. The number of hydrogen-bond acceptors (Lipinski definition) is 2. The van der Waals surface area contributed by atoms with E-state index >= 15 is 0 Å². The SMILES string of the molecule is CNC1C(Oc2cc(F)ccc2F)CCCC1(C)C. The number of halogens is 2. The van der Waals surface area contributed by atoms with Gasteiger partial charge in [0.1, 0.15) is 11.9 Å². The van der Waals surface area contributed by atoms with Crippen molar-refractivity contribution in [2.24, 2.45) is 5.41 Å². The monoisotopic (exact) mass is 269 g/mol. The Hall–Kier alpha value is -1.16. The van der Waals surface area contributed by atoms with Crippen molar-refractivity contribution in [3.63, 3.8) is 0 Å². The van der Waals surface area contributed by atoms with Crippen molar-refractivity contribution in [3.8, 4) is 5.75 Å². The summed E-state index contributed by atoms with van der Waals surface area (Å²) in [7, 11) is 1.88. The lowest BCUT2D eigenvalue weighted by atomic mass is 9.72. The molecule has 106 valence electrons. The highest BCUT2D eigenvalue weighted by molar-refractivity contribution is 5.25. The summed E-state index contributed by atoms with van der Waals surface area (Å²) in [6.45, 7) is 4.34. The van der Waals surface area contributed by atoms with Crippen molar-refractivity contribution in [2.45, 2.75) is 45.3 Å². The van der Waals surface area contributed by atoms with Crippen molar-refractivity contribution in [3.05, 3.63) is 29.8 Å². The Labute approximate surface area is 113 Å². The summed E-state index contributed by atoms with van der Waals surface area (Å²) < 4.78 is 32.5. The zero-order valence-electron chi connectivity index (χ0n) is 11.7. The van der Waals surface area contributed by atoms with Crippen LogP contribution in [0.5, 0.6) is 5.75 Å². The predicted octanol–water partition coefficient (Wildman–Crippen LogP) is 3.51. The van der Waals surface area contributed by atoms with Gasteiger partial charge in [-0.3, -0.25) is 0 Å². The molecule has 0 amide bonds. The van der Waals surface area contributed by atoms with Gasteiger partial charge in [0.2, 0.25) is 0 Å². The molecule has 19 heavy (non-hydrogen) atoms. The Kier molecular flexibility index (Phi) is 4.09. The lowest BCUT2D eigenvalue weighted by Gasteiger charge is -2.43. The van der Waals surface area contributed by atoms with E-state index in [0.29, 0.717) is 0 Å². The smallest absolute Gasteiger partial charge is 0.165 e. The number of hydrogen-bond donors (Lipinski definition) is 1. The lowest BCUT2D eigenvalue weighted by molar-refractivity contribution is 0.0378. The molecule has 1 N–H and O–H groups in total. The summed E-state index contributed by atoms with van der Waals surface area (Å²) in [5.74, 6) is -0.991. The molecule has 4 heteroatoms. The van der Waals surface area contributed by atoms with Crippen LogP contribution in [0.1, 0.15) is 33.1 Å². The highest BCUT2D eigenvalue weighted by Crippen LogP contribution is 2.37. The summed E-state index contributed by atoms with van der Waals surface area (Å²) in [5.41, 5.74) is 0.0848. The molecule has 1 aliphatic carbocycles. The maximum atomic E-state index is 13.6. The standard InChI is InChI=1S/C15H21F2NO/c1-15(2)8-4-5-12(14(15)18-3)19-13-9-10(16)6-7-11(13)17/h6-7,9,12,14,18H,4-5,8H2,1-3H3. The van der Waals surface area contributed by atoms with Crippen LogP contribution in [0.4, 0.5) is 8.78 Å². The van der Waals surface area contributed by atoms with E-state index < -0.39 is 11.6 Å². The van der Waals surface area contributed by atoms with Gasteiger partial charge >= 0.3 is 0 Å². The van der Waals surface area contributed by atoms with E-state index in [1.54, 1.807) is 0 Å². The van der Waals surface area contributed by atoms with E-state index in [9.17, 15) is 8.78 Å². The average Bonchev–Trinajstić information content (AvgIpc) is 2.33. The minimum absolute atomic E-state index is 0.00273. The van der Waals surface area contributed by atoms with Crippen LogP contribution in [-0.4, -0.2) is 19.2 Å². The molecule has 2 rings (SSSR count). The van der Waals surface area contributed by atoms with Crippen molar-refractivity contribution in [1.29, 1.82) is 0 Å². The highest BCUT2D eigenvalue weighted by atomic mass is 19.1. The Morgan fingerprint density at radius 3 is 2.74 bits per heavy atom. The van der Waals surface area contributed by atoms with Gasteiger partial charge in [0, 0.05) is 12.1 Å². The molecule has 0 bridgehead atoms. The molecule has 2 unspecified atom stereocenters. The van der Waals surface area contributed by atoms with Gasteiger partial charge in [0.05, 0.1) is 0 Å². The molecule has 0 aliphatic heterocycles. The molecular weight excluding hydrogens is 248 g/mol. The van der Waals surface area contributed by atoms with E-state index in [1.807, 2.05) is 7.05 Å². The van der Waals surface area contributed by atoms with Gasteiger partial charge in [-0.15, -0.1) is 0 Å². The first-order chi connectivity index (χ1) is 8.94. The number of likely N-dealkylation sites (N-methyl/N-ethyl adjacent to an activating group) is 1. The molecule has 0 heterocycles. The second-order valence-corrected chi connectivity index (χ2v) is 5.88. The zero-order chi connectivity index (χ0) is 14.0. The third-order valence-corrected chi connectivity index (χ3v) is 4.01. The van der Waals surface area contributed by atoms with Gasteiger partial charge in [-0.2, -0.15) is 0 Å². The van der Waals surface area contributed by atoms with Crippen molar-refractivity contribution < 1.29 is 13.5 Å². The van der Waals surface area contributed by atoms with Gasteiger partial charge in [0.15, 0.2) is 11.6 Å².